The second-order valence-corrected chi connectivity index (χ2v) is 4.22. The van der Waals surface area contributed by atoms with Gasteiger partial charge in [0.2, 0.25) is 0 Å². The lowest BCUT2D eigenvalue weighted by molar-refractivity contribution is 1.05. The molecule has 3 nitrogen and oxygen atoms in total. The molecule has 2 heterocycles. The summed E-state index contributed by atoms with van der Waals surface area (Å²) < 4.78 is 0. The van der Waals surface area contributed by atoms with E-state index in [2.05, 4.69) is 33.0 Å². The van der Waals surface area contributed by atoms with E-state index in [0.29, 0.717) is 0 Å². The Hall–Kier alpha value is -1.42. The highest BCUT2D eigenvalue weighted by Gasteiger charge is 1.99. The fourth-order valence-electron chi connectivity index (χ4n) is 1.30. The van der Waals surface area contributed by atoms with Crippen molar-refractivity contribution in [2.75, 3.05) is 5.32 Å². The normalized spacial score (nSPS) is 10.3. The summed E-state index contributed by atoms with van der Waals surface area (Å²) in [6, 6.07) is 1.95. The minimum absolute atomic E-state index is 0.825. The molecule has 0 fully saturated rings. The van der Waals surface area contributed by atoms with Crippen LogP contribution in [-0.2, 0) is 6.54 Å². The third-order valence-corrected chi connectivity index (χ3v) is 3.14. The molecule has 0 aliphatic heterocycles. The molecule has 0 spiro atoms. The van der Waals surface area contributed by atoms with Gasteiger partial charge in [-0.15, -0.1) is 0 Å². The Balaban J connectivity index is 2.02. The summed E-state index contributed by atoms with van der Waals surface area (Å²) >= 11 is 1.73. The summed E-state index contributed by atoms with van der Waals surface area (Å²) in [6.07, 6.45) is 1.58. The van der Waals surface area contributed by atoms with Crippen molar-refractivity contribution in [1.29, 1.82) is 0 Å². The predicted molar refractivity (Wildman–Crippen MR) is 63.2 cm³/mol. The molecule has 2 aromatic heterocycles. The minimum atomic E-state index is 0.825. The van der Waals surface area contributed by atoms with Gasteiger partial charge >= 0.3 is 0 Å². The van der Waals surface area contributed by atoms with Gasteiger partial charge in [-0.25, -0.2) is 9.97 Å². The Morgan fingerprint density at radius 2 is 2.13 bits per heavy atom. The second-order valence-electron chi connectivity index (χ2n) is 3.48. The lowest BCUT2D eigenvalue weighted by Crippen LogP contribution is -2.02. The zero-order valence-electron chi connectivity index (χ0n) is 8.82. The number of thiophene rings is 1. The number of hydrogen-bond donors (Lipinski definition) is 1. The highest BCUT2D eigenvalue weighted by Crippen LogP contribution is 2.15. The van der Waals surface area contributed by atoms with Crippen LogP contribution in [0.25, 0.3) is 0 Å². The Labute approximate surface area is 93.2 Å². The van der Waals surface area contributed by atoms with Crippen molar-refractivity contribution >= 4 is 17.2 Å². The molecule has 0 aliphatic rings. The molecule has 0 atom stereocenters. The number of aryl methyl sites for hydroxylation is 2. The van der Waals surface area contributed by atoms with E-state index in [1.165, 1.54) is 11.1 Å². The van der Waals surface area contributed by atoms with Gasteiger partial charge in [0.25, 0.3) is 0 Å². The standard InChI is InChI=1S/C11H13N3S/c1-8-5-15-6-10(8)4-12-11-3-9(2)13-7-14-11/h3,5-7H,4H2,1-2H3,(H,12,13,14). The summed E-state index contributed by atoms with van der Waals surface area (Å²) in [4.78, 5) is 8.20. The quantitative estimate of drug-likeness (QED) is 0.862. The van der Waals surface area contributed by atoms with E-state index >= 15 is 0 Å². The monoisotopic (exact) mass is 219 g/mol. The van der Waals surface area contributed by atoms with Crippen LogP contribution in [0.15, 0.2) is 23.2 Å². The van der Waals surface area contributed by atoms with Gasteiger partial charge in [-0.05, 0) is 35.7 Å². The molecule has 78 valence electrons. The summed E-state index contributed by atoms with van der Waals surface area (Å²) in [7, 11) is 0. The van der Waals surface area contributed by atoms with E-state index in [4.69, 9.17) is 0 Å². The van der Waals surface area contributed by atoms with Gasteiger partial charge in [0.15, 0.2) is 0 Å². The third-order valence-electron chi connectivity index (χ3n) is 2.23. The topological polar surface area (TPSA) is 37.8 Å². The van der Waals surface area contributed by atoms with Crippen LogP contribution in [0.4, 0.5) is 5.82 Å². The van der Waals surface area contributed by atoms with Gasteiger partial charge in [0.05, 0.1) is 0 Å². The lowest BCUT2D eigenvalue weighted by atomic mass is 10.2. The van der Waals surface area contributed by atoms with Gasteiger partial charge < -0.3 is 5.32 Å². The fraction of sp³-hybridized carbons (Fsp3) is 0.273. The first kappa shape index (κ1) is 10.1. The van der Waals surface area contributed by atoms with E-state index in [1.54, 1.807) is 17.7 Å². The van der Waals surface area contributed by atoms with Crippen LogP contribution in [0.1, 0.15) is 16.8 Å². The third kappa shape index (κ3) is 2.53. The van der Waals surface area contributed by atoms with Crippen LogP contribution in [0.2, 0.25) is 0 Å². The zero-order chi connectivity index (χ0) is 10.7. The van der Waals surface area contributed by atoms with Crippen molar-refractivity contribution in [1.82, 2.24) is 9.97 Å². The van der Waals surface area contributed by atoms with Crippen LogP contribution < -0.4 is 5.32 Å². The number of rotatable bonds is 3. The number of nitrogens with one attached hydrogen (secondary N) is 1. The molecule has 15 heavy (non-hydrogen) atoms. The van der Waals surface area contributed by atoms with Gasteiger partial charge in [-0.3, -0.25) is 0 Å². The van der Waals surface area contributed by atoms with Crippen molar-refractivity contribution in [2.24, 2.45) is 0 Å². The average molecular weight is 219 g/mol. The molecular formula is C11H13N3S. The number of aromatic nitrogens is 2. The van der Waals surface area contributed by atoms with E-state index < -0.39 is 0 Å². The summed E-state index contributed by atoms with van der Waals surface area (Å²) in [5.41, 5.74) is 3.64. The lowest BCUT2D eigenvalue weighted by Gasteiger charge is -2.05. The van der Waals surface area contributed by atoms with Crippen LogP contribution >= 0.6 is 11.3 Å². The summed E-state index contributed by atoms with van der Waals surface area (Å²) in [6.45, 7) is 4.91. The molecule has 4 heteroatoms. The molecular weight excluding hydrogens is 206 g/mol. The molecule has 0 radical (unpaired) electrons. The Morgan fingerprint density at radius 3 is 2.80 bits per heavy atom. The summed E-state index contributed by atoms with van der Waals surface area (Å²) in [5.74, 6) is 0.883. The highest BCUT2D eigenvalue weighted by atomic mass is 32.1. The number of hydrogen-bond acceptors (Lipinski definition) is 4. The van der Waals surface area contributed by atoms with Crippen molar-refractivity contribution in [3.8, 4) is 0 Å². The van der Waals surface area contributed by atoms with Gasteiger partial charge in [-0.2, -0.15) is 11.3 Å². The van der Waals surface area contributed by atoms with Gasteiger partial charge in [0.1, 0.15) is 12.1 Å². The van der Waals surface area contributed by atoms with E-state index in [9.17, 15) is 0 Å². The number of anilines is 1. The first-order valence-corrected chi connectivity index (χ1v) is 5.74. The Kier molecular flexibility index (Phi) is 2.97. The summed E-state index contributed by atoms with van der Waals surface area (Å²) in [5, 5.41) is 7.60. The minimum Gasteiger partial charge on any atom is -0.366 e. The molecule has 0 amide bonds. The second kappa shape index (κ2) is 4.40. The molecule has 1 N–H and O–H groups in total. The first-order valence-electron chi connectivity index (χ1n) is 4.80. The highest BCUT2D eigenvalue weighted by molar-refractivity contribution is 7.08. The van der Waals surface area contributed by atoms with Crippen LogP contribution in [-0.4, -0.2) is 9.97 Å². The molecule has 0 aliphatic carbocycles. The van der Waals surface area contributed by atoms with E-state index in [1.807, 2.05) is 13.0 Å². The maximum Gasteiger partial charge on any atom is 0.129 e. The van der Waals surface area contributed by atoms with Crippen LogP contribution in [0, 0.1) is 13.8 Å². The average Bonchev–Trinajstić information content (AvgIpc) is 2.61. The maximum absolute atomic E-state index is 4.15. The van der Waals surface area contributed by atoms with E-state index in [0.717, 1.165) is 18.1 Å². The molecule has 0 unspecified atom stereocenters. The van der Waals surface area contributed by atoms with Crippen LogP contribution in [0.5, 0.6) is 0 Å². The molecule has 0 saturated carbocycles. The predicted octanol–water partition coefficient (Wildman–Crippen LogP) is 2.77. The largest absolute Gasteiger partial charge is 0.366 e. The van der Waals surface area contributed by atoms with Crippen molar-refractivity contribution in [3.63, 3.8) is 0 Å². The smallest absolute Gasteiger partial charge is 0.129 e. The van der Waals surface area contributed by atoms with Crippen molar-refractivity contribution in [2.45, 2.75) is 20.4 Å². The first-order chi connectivity index (χ1) is 7.25. The fourth-order valence-corrected chi connectivity index (χ4v) is 2.16. The molecule has 2 rings (SSSR count). The van der Waals surface area contributed by atoms with E-state index in [-0.39, 0.29) is 0 Å². The SMILES string of the molecule is Cc1cc(NCc2cscc2C)ncn1. The van der Waals surface area contributed by atoms with Crippen molar-refractivity contribution in [3.05, 3.63) is 40.0 Å². The van der Waals surface area contributed by atoms with Gasteiger partial charge in [-0.1, -0.05) is 0 Å². The molecule has 0 saturated heterocycles. The number of nitrogens with zero attached hydrogens (tertiary/aromatic N) is 2. The maximum atomic E-state index is 4.15. The molecule has 2 aromatic rings. The Bertz CT molecular complexity index is 451. The molecule has 0 aromatic carbocycles. The van der Waals surface area contributed by atoms with Crippen molar-refractivity contribution < 1.29 is 0 Å². The molecule has 0 bridgehead atoms. The Morgan fingerprint density at radius 1 is 1.27 bits per heavy atom. The van der Waals surface area contributed by atoms with Gasteiger partial charge in [0, 0.05) is 18.3 Å². The van der Waals surface area contributed by atoms with Crippen LogP contribution in [0.3, 0.4) is 0 Å². The zero-order valence-corrected chi connectivity index (χ0v) is 9.64.